The molecule has 1 aromatic carbocycles. The van der Waals surface area contributed by atoms with Crippen LogP contribution in [-0.4, -0.2) is 35.5 Å². The molecular formula is C16H23N5O. The van der Waals surface area contributed by atoms with Crippen LogP contribution >= 0.6 is 0 Å². The number of amides is 1. The molecule has 1 atom stereocenters. The Hall–Kier alpha value is -1.92. The lowest BCUT2D eigenvalue weighted by atomic mass is 10.00. The summed E-state index contributed by atoms with van der Waals surface area (Å²) >= 11 is 0. The van der Waals surface area contributed by atoms with Gasteiger partial charge in [-0.2, -0.15) is 0 Å². The third-order valence-electron chi connectivity index (χ3n) is 4.32. The minimum absolute atomic E-state index is 0.0957. The quantitative estimate of drug-likeness (QED) is 0.625. The van der Waals surface area contributed by atoms with Gasteiger partial charge in [0.15, 0.2) is 0 Å². The first kappa shape index (κ1) is 15.0. The second kappa shape index (κ2) is 6.06. The standard InChI is InChI=1S/C16H23N5O/c1-16(7-3-10-19-16)15-20-12-6-2-5-11(13(12)21-15)14(22)18-9-4-8-17/h2,5-6,19H,3-4,7-10,17H2,1H3,(H,18,22)(H,20,21). The zero-order valence-electron chi connectivity index (χ0n) is 12.9. The molecule has 1 aliphatic rings. The van der Waals surface area contributed by atoms with Gasteiger partial charge in [-0.3, -0.25) is 4.79 Å². The van der Waals surface area contributed by atoms with Gasteiger partial charge in [0.1, 0.15) is 11.3 Å². The summed E-state index contributed by atoms with van der Waals surface area (Å²) in [5.41, 5.74) is 7.57. The zero-order chi connectivity index (χ0) is 15.6. The van der Waals surface area contributed by atoms with Gasteiger partial charge >= 0.3 is 0 Å². The van der Waals surface area contributed by atoms with E-state index >= 15 is 0 Å². The molecule has 2 heterocycles. The largest absolute Gasteiger partial charge is 0.352 e. The maximum absolute atomic E-state index is 12.3. The number of nitrogens with two attached hydrogens (primary N) is 1. The Balaban J connectivity index is 1.91. The highest BCUT2D eigenvalue weighted by molar-refractivity contribution is 6.04. The van der Waals surface area contributed by atoms with E-state index in [2.05, 4.69) is 22.5 Å². The Morgan fingerprint density at radius 1 is 1.50 bits per heavy atom. The fourth-order valence-corrected chi connectivity index (χ4v) is 2.97. The number of nitrogens with zero attached hydrogens (tertiary/aromatic N) is 1. The minimum atomic E-state index is -0.133. The number of aromatic amines is 1. The number of imidazole rings is 1. The molecule has 0 bridgehead atoms. The molecule has 1 unspecified atom stereocenters. The number of nitrogens with one attached hydrogen (secondary N) is 3. The Labute approximate surface area is 129 Å². The van der Waals surface area contributed by atoms with Gasteiger partial charge < -0.3 is 21.4 Å². The number of hydrogen-bond acceptors (Lipinski definition) is 4. The third kappa shape index (κ3) is 2.71. The number of aromatic nitrogens is 2. The number of rotatable bonds is 5. The van der Waals surface area contributed by atoms with Crippen molar-refractivity contribution in [3.8, 4) is 0 Å². The van der Waals surface area contributed by atoms with Crippen LogP contribution < -0.4 is 16.4 Å². The Kier molecular flexibility index (Phi) is 4.13. The SMILES string of the molecule is CC1(c2nc3c(C(=O)NCCCN)cccc3[nH]2)CCCN1. The second-order valence-corrected chi connectivity index (χ2v) is 6.05. The van der Waals surface area contributed by atoms with E-state index in [9.17, 15) is 4.79 Å². The van der Waals surface area contributed by atoms with Gasteiger partial charge in [0.2, 0.25) is 0 Å². The van der Waals surface area contributed by atoms with Crippen molar-refractivity contribution in [2.24, 2.45) is 5.73 Å². The van der Waals surface area contributed by atoms with Gasteiger partial charge in [-0.15, -0.1) is 0 Å². The number of hydrogen-bond donors (Lipinski definition) is 4. The maximum Gasteiger partial charge on any atom is 0.253 e. The highest BCUT2D eigenvalue weighted by Crippen LogP contribution is 2.30. The Morgan fingerprint density at radius 2 is 2.36 bits per heavy atom. The first-order chi connectivity index (χ1) is 10.6. The molecule has 1 aliphatic heterocycles. The predicted octanol–water partition coefficient (Wildman–Crippen LogP) is 1.24. The zero-order valence-corrected chi connectivity index (χ0v) is 12.9. The van der Waals surface area contributed by atoms with E-state index in [4.69, 9.17) is 10.7 Å². The van der Waals surface area contributed by atoms with Crippen molar-refractivity contribution in [3.63, 3.8) is 0 Å². The van der Waals surface area contributed by atoms with Crippen LogP contribution in [0.25, 0.3) is 11.0 Å². The number of carbonyl (C=O) groups is 1. The summed E-state index contributed by atoms with van der Waals surface area (Å²) in [6.07, 6.45) is 2.96. The number of para-hydroxylation sites is 1. The van der Waals surface area contributed by atoms with Crippen LogP contribution in [0.15, 0.2) is 18.2 Å². The first-order valence-corrected chi connectivity index (χ1v) is 7.86. The van der Waals surface area contributed by atoms with E-state index in [1.165, 1.54) is 0 Å². The van der Waals surface area contributed by atoms with Crippen LogP contribution in [0, 0.1) is 0 Å². The second-order valence-electron chi connectivity index (χ2n) is 6.05. The molecule has 2 aromatic rings. The molecule has 5 N–H and O–H groups in total. The van der Waals surface area contributed by atoms with E-state index in [0.717, 1.165) is 42.7 Å². The maximum atomic E-state index is 12.3. The first-order valence-electron chi connectivity index (χ1n) is 7.86. The van der Waals surface area contributed by atoms with Crippen LogP contribution in [0.2, 0.25) is 0 Å². The smallest absolute Gasteiger partial charge is 0.253 e. The van der Waals surface area contributed by atoms with E-state index in [1.807, 2.05) is 18.2 Å². The van der Waals surface area contributed by atoms with Crippen molar-refractivity contribution >= 4 is 16.9 Å². The lowest BCUT2D eigenvalue weighted by Gasteiger charge is -2.21. The van der Waals surface area contributed by atoms with E-state index < -0.39 is 0 Å². The van der Waals surface area contributed by atoms with Crippen LogP contribution in [0.1, 0.15) is 42.4 Å². The van der Waals surface area contributed by atoms with Crippen molar-refractivity contribution in [1.82, 2.24) is 20.6 Å². The van der Waals surface area contributed by atoms with Gasteiger partial charge in [0.25, 0.3) is 5.91 Å². The average Bonchev–Trinajstić information content (AvgIpc) is 3.14. The lowest BCUT2D eigenvalue weighted by Crippen LogP contribution is -2.34. The summed E-state index contributed by atoms with van der Waals surface area (Å²) in [4.78, 5) is 20.4. The van der Waals surface area contributed by atoms with Crippen LogP contribution in [0.3, 0.4) is 0 Å². The molecule has 1 aromatic heterocycles. The molecule has 3 rings (SSSR count). The van der Waals surface area contributed by atoms with E-state index in [-0.39, 0.29) is 11.4 Å². The van der Waals surface area contributed by atoms with Gasteiger partial charge in [0, 0.05) is 6.54 Å². The number of benzene rings is 1. The molecule has 1 amide bonds. The van der Waals surface area contributed by atoms with Crippen molar-refractivity contribution in [2.45, 2.75) is 31.7 Å². The van der Waals surface area contributed by atoms with Gasteiger partial charge in [0.05, 0.1) is 16.6 Å². The molecule has 0 saturated carbocycles. The van der Waals surface area contributed by atoms with Crippen molar-refractivity contribution in [1.29, 1.82) is 0 Å². The number of fused-ring (bicyclic) bond motifs is 1. The summed E-state index contributed by atoms with van der Waals surface area (Å²) in [5, 5.41) is 6.38. The normalized spacial score (nSPS) is 21.4. The number of H-pyrrole nitrogens is 1. The highest BCUT2D eigenvalue weighted by Gasteiger charge is 2.33. The van der Waals surface area contributed by atoms with Crippen LogP contribution in [0.5, 0.6) is 0 Å². The molecule has 1 fully saturated rings. The van der Waals surface area contributed by atoms with Gasteiger partial charge in [-0.1, -0.05) is 6.07 Å². The lowest BCUT2D eigenvalue weighted by molar-refractivity contribution is 0.0955. The summed E-state index contributed by atoms with van der Waals surface area (Å²) in [5.74, 6) is 0.809. The number of carbonyl (C=O) groups excluding carboxylic acids is 1. The van der Waals surface area contributed by atoms with E-state index in [0.29, 0.717) is 18.7 Å². The Morgan fingerprint density at radius 3 is 3.09 bits per heavy atom. The van der Waals surface area contributed by atoms with Crippen molar-refractivity contribution in [2.75, 3.05) is 19.6 Å². The molecule has 22 heavy (non-hydrogen) atoms. The highest BCUT2D eigenvalue weighted by atomic mass is 16.1. The minimum Gasteiger partial charge on any atom is -0.352 e. The Bertz CT molecular complexity index is 672. The summed E-state index contributed by atoms with van der Waals surface area (Å²) in [7, 11) is 0. The topological polar surface area (TPSA) is 95.8 Å². The molecule has 6 heteroatoms. The molecule has 6 nitrogen and oxygen atoms in total. The average molecular weight is 301 g/mol. The molecule has 0 spiro atoms. The van der Waals surface area contributed by atoms with Crippen molar-refractivity contribution < 1.29 is 4.79 Å². The summed E-state index contributed by atoms with van der Waals surface area (Å²) < 4.78 is 0. The monoisotopic (exact) mass is 301 g/mol. The molecule has 1 saturated heterocycles. The van der Waals surface area contributed by atoms with Crippen molar-refractivity contribution in [3.05, 3.63) is 29.6 Å². The molecular weight excluding hydrogens is 278 g/mol. The predicted molar refractivity (Wildman–Crippen MR) is 86.7 cm³/mol. The van der Waals surface area contributed by atoms with Crippen LogP contribution in [0.4, 0.5) is 0 Å². The third-order valence-corrected chi connectivity index (χ3v) is 4.32. The molecule has 118 valence electrons. The van der Waals surface area contributed by atoms with Gasteiger partial charge in [-0.25, -0.2) is 4.98 Å². The fourth-order valence-electron chi connectivity index (χ4n) is 2.97. The van der Waals surface area contributed by atoms with Gasteiger partial charge in [-0.05, 0) is 51.4 Å². The van der Waals surface area contributed by atoms with E-state index in [1.54, 1.807) is 0 Å². The van der Waals surface area contributed by atoms with Crippen LogP contribution in [-0.2, 0) is 5.54 Å². The molecule has 0 radical (unpaired) electrons. The summed E-state index contributed by atoms with van der Waals surface area (Å²) in [6, 6.07) is 5.66. The fraction of sp³-hybridized carbons (Fsp3) is 0.500. The summed E-state index contributed by atoms with van der Waals surface area (Å²) in [6.45, 7) is 4.31. The molecule has 0 aliphatic carbocycles.